The van der Waals surface area contributed by atoms with E-state index in [2.05, 4.69) is 10.3 Å². The highest BCUT2D eigenvalue weighted by molar-refractivity contribution is 5.79. The van der Waals surface area contributed by atoms with Crippen LogP contribution in [0.2, 0.25) is 0 Å². The fourth-order valence-corrected chi connectivity index (χ4v) is 1.62. The molecule has 0 aromatic carbocycles. The molecule has 7 heteroatoms. The van der Waals surface area contributed by atoms with Gasteiger partial charge in [-0.25, -0.2) is 8.78 Å². The first-order chi connectivity index (χ1) is 8.10. The topological polar surface area (TPSA) is 76.1 Å². The summed E-state index contributed by atoms with van der Waals surface area (Å²) in [5.74, 6) is -1.96. The van der Waals surface area contributed by atoms with Crippen molar-refractivity contribution in [3.05, 3.63) is 29.6 Å². The third-order valence-electron chi connectivity index (χ3n) is 2.28. The maximum atomic E-state index is 13.2. The quantitative estimate of drug-likeness (QED) is 0.772. The van der Waals surface area contributed by atoms with Gasteiger partial charge in [-0.1, -0.05) is 0 Å². The molecular weight excluding hydrogens is 234 g/mol. The van der Waals surface area contributed by atoms with Crippen molar-refractivity contribution in [2.24, 2.45) is 0 Å². The zero-order valence-corrected chi connectivity index (χ0v) is 8.57. The largest absolute Gasteiger partial charge is 0.373 e. The number of nitrogens with zero attached hydrogens (tertiary/aromatic N) is 1. The van der Waals surface area contributed by atoms with Gasteiger partial charge in [0.1, 0.15) is 11.6 Å². The third kappa shape index (κ3) is 3.15. The van der Waals surface area contributed by atoms with Crippen LogP contribution < -0.4 is 5.32 Å². The number of nitrogens with one attached hydrogen (secondary N) is 1. The van der Waals surface area contributed by atoms with Gasteiger partial charge in [0.25, 0.3) is 0 Å². The van der Waals surface area contributed by atoms with E-state index in [-0.39, 0.29) is 30.6 Å². The van der Waals surface area contributed by atoms with Crippen LogP contribution in [0.5, 0.6) is 0 Å². The van der Waals surface area contributed by atoms with E-state index in [1.165, 1.54) is 0 Å². The Labute approximate surface area is 94.8 Å². The van der Waals surface area contributed by atoms with Crippen LogP contribution in [0.15, 0.2) is 12.4 Å². The number of rotatable bonds is 1. The van der Waals surface area contributed by atoms with E-state index < -0.39 is 17.6 Å². The molecule has 90 valence electrons. The molecule has 1 aromatic rings. The number of carbonyl (C=O) groups excluding carboxylic acids is 3. The van der Waals surface area contributed by atoms with E-state index in [1.807, 2.05) is 0 Å². The minimum absolute atomic E-state index is 0.0432. The van der Waals surface area contributed by atoms with E-state index >= 15 is 0 Å². The van der Waals surface area contributed by atoms with E-state index in [0.29, 0.717) is 0 Å². The van der Waals surface area contributed by atoms with Gasteiger partial charge in [-0.2, -0.15) is 9.59 Å². The zero-order chi connectivity index (χ0) is 12.8. The molecule has 2 heterocycles. The molecule has 1 aliphatic heterocycles. The first kappa shape index (κ1) is 12.9. The Balaban J connectivity index is 0.000000437. The maximum absolute atomic E-state index is 13.2. The third-order valence-corrected chi connectivity index (χ3v) is 2.28. The molecule has 2 rings (SSSR count). The van der Waals surface area contributed by atoms with Crippen molar-refractivity contribution >= 4 is 12.1 Å². The van der Waals surface area contributed by atoms with Gasteiger partial charge in [-0.05, 0) is 0 Å². The average Bonchev–Trinajstić information content (AvgIpc) is 2.66. The molecule has 1 atom stereocenters. The van der Waals surface area contributed by atoms with Crippen LogP contribution in [0.3, 0.4) is 0 Å². The molecule has 0 aliphatic carbocycles. The van der Waals surface area contributed by atoms with Crippen LogP contribution in [0.25, 0.3) is 0 Å². The highest BCUT2D eigenvalue weighted by Gasteiger charge is 2.28. The normalized spacial score (nSPS) is 17.8. The number of pyridine rings is 1. The van der Waals surface area contributed by atoms with Crippen molar-refractivity contribution in [3.63, 3.8) is 0 Å². The summed E-state index contributed by atoms with van der Waals surface area (Å²) in [6, 6.07) is 0. The monoisotopic (exact) mass is 242 g/mol. The molecule has 1 aromatic heterocycles. The van der Waals surface area contributed by atoms with E-state index in [4.69, 9.17) is 9.59 Å². The highest BCUT2D eigenvalue weighted by atomic mass is 19.1. The molecule has 0 spiro atoms. The minimum Gasteiger partial charge on any atom is -0.355 e. The Morgan fingerprint density at radius 3 is 2.24 bits per heavy atom. The van der Waals surface area contributed by atoms with Crippen LogP contribution in [0.4, 0.5) is 8.78 Å². The molecule has 17 heavy (non-hydrogen) atoms. The van der Waals surface area contributed by atoms with Crippen LogP contribution in [-0.4, -0.2) is 23.6 Å². The molecule has 0 unspecified atom stereocenters. The summed E-state index contributed by atoms with van der Waals surface area (Å²) in [7, 11) is 0. The van der Waals surface area contributed by atoms with Crippen LogP contribution in [0, 0.1) is 11.6 Å². The predicted molar refractivity (Wildman–Crippen MR) is 49.5 cm³/mol. The van der Waals surface area contributed by atoms with Gasteiger partial charge < -0.3 is 5.32 Å². The smallest absolute Gasteiger partial charge is 0.355 e. The van der Waals surface area contributed by atoms with Gasteiger partial charge in [0.05, 0.1) is 12.4 Å². The molecule has 0 saturated carbocycles. The van der Waals surface area contributed by atoms with E-state index in [1.54, 1.807) is 0 Å². The molecule has 0 bridgehead atoms. The van der Waals surface area contributed by atoms with Crippen molar-refractivity contribution in [2.75, 3.05) is 6.54 Å². The molecule has 0 radical (unpaired) electrons. The van der Waals surface area contributed by atoms with Crippen molar-refractivity contribution < 1.29 is 23.2 Å². The second-order valence-corrected chi connectivity index (χ2v) is 3.31. The van der Waals surface area contributed by atoms with Crippen LogP contribution in [-0.2, 0) is 14.4 Å². The standard InChI is InChI=1S/C9H8F2N2O.CO2/c10-6-3-12-4-7(11)9(6)5-1-8(14)13-2-5;2-1-3/h3-5H,1-2H2,(H,13,14);/t5-;/m0./s1. The molecule has 1 fully saturated rings. The number of carbonyl (C=O) groups is 1. The molecular formula is C10H8F2N2O3. The Kier molecular flexibility index (Phi) is 4.42. The minimum atomic E-state index is -0.688. The first-order valence-corrected chi connectivity index (χ1v) is 4.65. The molecule has 5 nitrogen and oxygen atoms in total. The Bertz CT molecular complexity index is 439. The Morgan fingerprint density at radius 2 is 1.82 bits per heavy atom. The SMILES string of the molecule is O=C1C[C@H](c2c(F)cncc2F)CN1.O=C=O. The van der Waals surface area contributed by atoms with Gasteiger partial charge in [-0.3, -0.25) is 9.78 Å². The number of halogens is 2. The van der Waals surface area contributed by atoms with Crippen LogP contribution in [0.1, 0.15) is 17.9 Å². The lowest BCUT2D eigenvalue weighted by molar-refractivity contribution is -0.191. The molecule has 1 saturated heterocycles. The number of hydrogen-bond acceptors (Lipinski definition) is 4. The van der Waals surface area contributed by atoms with Crippen LogP contribution >= 0.6 is 0 Å². The summed E-state index contributed by atoms with van der Waals surface area (Å²) in [6.45, 7) is 0.288. The fourth-order valence-electron chi connectivity index (χ4n) is 1.62. The predicted octanol–water partition coefficient (Wildman–Crippen LogP) is 0.380. The van der Waals surface area contributed by atoms with Crippen molar-refractivity contribution in [2.45, 2.75) is 12.3 Å². The number of hydrogen-bond donors (Lipinski definition) is 1. The lowest BCUT2D eigenvalue weighted by Gasteiger charge is -2.08. The van der Waals surface area contributed by atoms with E-state index in [9.17, 15) is 13.6 Å². The molecule has 1 N–H and O–H groups in total. The van der Waals surface area contributed by atoms with Crippen molar-refractivity contribution in [1.82, 2.24) is 10.3 Å². The maximum Gasteiger partial charge on any atom is 0.373 e. The lowest BCUT2D eigenvalue weighted by Crippen LogP contribution is -2.14. The summed E-state index contributed by atoms with van der Waals surface area (Å²) >= 11 is 0. The van der Waals surface area contributed by atoms with Gasteiger partial charge in [0.2, 0.25) is 5.91 Å². The highest BCUT2D eigenvalue weighted by Crippen LogP contribution is 2.26. The molecule has 1 amide bonds. The van der Waals surface area contributed by atoms with Gasteiger partial charge in [-0.15, -0.1) is 0 Å². The number of aromatic nitrogens is 1. The average molecular weight is 242 g/mol. The summed E-state index contributed by atoms with van der Waals surface area (Å²) in [4.78, 5) is 30.5. The molecule has 1 aliphatic rings. The van der Waals surface area contributed by atoms with E-state index in [0.717, 1.165) is 12.4 Å². The Hall–Kier alpha value is -2.14. The van der Waals surface area contributed by atoms with Gasteiger partial charge >= 0.3 is 6.15 Å². The summed E-state index contributed by atoms with van der Waals surface area (Å²) in [6.07, 6.45) is 2.31. The number of amides is 1. The first-order valence-electron chi connectivity index (χ1n) is 4.65. The second kappa shape index (κ2) is 5.81. The second-order valence-electron chi connectivity index (χ2n) is 3.31. The fraction of sp³-hybridized carbons (Fsp3) is 0.300. The summed E-state index contributed by atoms with van der Waals surface area (Å²) in [5, 5.41) is 2.53. The summed E-state index contributed by atoms with van der Waals surface area (Å²) < 4.78 is 26.4. The summed E-state index contributed by atoms with van der Waals surface area (Å²) in [5.41, 5.74) is -0.0432. The van der Waals surface area contributed by atoms with Crippen molar-refractivity contribution in [3.8, 4) is 0 Å². The van der Waals surface area contributed by atoms with Gasteiger partial charge in [0, 0.05) is 24.4 Å². The zero-order valence-electron chi connectivity index (χ0n) is 8.57. The Morgan fingerprint density at radius 1 is 1.29 bits per heavy atom. The lowest BCUT2D eigenvalue weighted by atomic mass is 9.98. The van der Waals surface area contributed by atoms with Crippen molar-refractivity contribution in [1.29, 1.82) is 0 Å². The van der Waals surface area contributed by atoms with Gasteiger partial charge in [0.15, 0.2) is 0 Å².